The number of Topliss-reactive ketones (excluding diaryl/α,β-unsaturated/α-hetero) is 1. The maximum atomic E-state index is 12.5. The zero-order valence-electron chi connectivity index (χ0n) is 16.0. The summed E-state index contributed by atoms with van der Waals surface area (Å²) in [6.45, 7) is 5.04. The highest BCUT2D eigenvalue weighted by molar-refractivity contribution is 5.96. The highest BCUT2D eigenvalue weighted by Gasteiger charge is 2.12. The molecule has 2 aromatic rings. The summed E-state index contributed by atoms with van der Waals surface area (Å²) in [5, 5.41) is 6.44. The maximum absolute atomic E-state index is 12.5. The summed E-state index contributed by atoms with van der Waals surface area (Å²) < 4.78 is 5.39. The molecule has 0 atom stereocenters. The van der Waals surface area contributed by atoms with Crippen LogP contribution in [0.5, 0.6) is 0 Å². The molecule has 2 N–H and O–H groups in total. The minimum atomic E-state index is 0.181. The lowest BCUT2D eigenvalue weighted by Crippen LogP contribution is -2.36. The molecule has 2 aliphatic rings. The van der Waals surface area contributed by atoms with Crippen molar-refractivity contribution in [3.8, 4) is 0 Å². The monoisotopic (exact) mass is 378 g/mol. The number of benzene rings is 2. The van der Waals surface area contributed by atoms with Crippen LogP contribution in [0.25, 0.3) is 0 Å². The van der Waals surface area contributed by atoms with Gasteiger partial charge in [-0.2, -0.15) is 0 Å². The summed E-state index contributed by atoms with van der Waals surface area (Å²) in [5.41, 5.74) is 4.09. The normalized spacial score (nSPS) is 16.4. The smallest absolute Gasteiger partial charge is 0.195 e. The molecule has 1 fully saturated rings. The van der Waals surface area contributed by atoms with E-state index in [2.05, 4.69) is 32.7 Å². The minimum absolute atomic E-state index is 0.181. The third-order valence-corrected chi connectivity index (χ3v) is 5.10. The van der Waals surface area contributed by atoms with Crippen molar-refractivity contribution in [2.24, 2.45) is 4.99 Å². The van der Waals surface area contributed by atoms with E-state index in [9.17, 15) is 4.79 Å². The Kier molecular flexibility index (Phi) is 5.87. The molecule has 146 valence electrons. The molecule has 0 amide bonds. The van der Waals surface area contributed by atoms with Crippen molar-refractivity contribution in [2.45, 2.75) is 12.8 Å². The van der Waals surface area contributed by atoms with Crippen molar-refractivity contribution >= 4 is 23.1 Å². The largest absolute Gasteiger partial charge is 0.378 e. The molecule has 6 nitrogen and oxygen atoms in total. The number of ether oxygens (including phenoxy) is 1. The van der Waals surface area contributed by atoms with Crippen LogP contribution in [-0.2, 0) is 11.2 Å². The molecule has 0 unspecified atom stereocenters. The number of hydrogen-bond donors (Lipinski definition) is 2. The molecule has 0 aromatic heterocycles. The Morgan fingerprint density at radius 1 is 1.07 bits per heavy atom. The van der Waals surface area contributed by atoms with E-state index < -0.39 is 0 Å². The Bertz CT molecular complexity index is 825. The lowest BCUT2D eigenvalue weighted by atomic mass is 10.0. The standard InChI is InChI=1S/C22H26N4O2/c27-21(18-4-8-20(9-5-18)26-13-15-28-16-14-26)10-3-17-1-6-19(7-2-17)25-22-23-11-12-24-22/h1-2,4-9H,3,10-16H2,(H2,23,24,25). The molecule has 2 heterocycles. The lowest BCUT2D eigenvalue weighted by molar-refractivity contribution is 0.0982. The van der Waals surface area contributed by atoms with E-state index in [1.807, 2.05) is 36.4 Å². The fourth-order valence-electron chi connectivity index (χ4n) is 3.45. The first-order valence-electron chi connectivity index (χ1n) is 9.88. The first-order valence-corrected chi connectivity index (χ1v) is 9.88. The van der Waals surface area contributed by atoms with Crippen molar-refractivity contribution in [3.05, 3.63) is 59.7 Å². The average molecular weight is 378 g/mol. The average Bonchev–Trinajstić information content (AvgIpc) is 3.27. The number of anilines is 2. The first-order chi connectivity index (χ1) is 13.8. The van der Waals surface area contributed by atoms with Crippen LogP contribution in [0.15, 0.2) is 53.5 Å². The van der Waals surface area contributed by atoms with Crippen LogP contribution < -0.4 is 15.5 Å². The van der Waals surface area contributed by atoms with Crippen LogP contribution in [0.1, 0.15) is 22.3 Å². The van der Waals surface area contributed by atoms with Crippen LogP contribution in [-0.4, -0.2) is 51.1 Å². The van der Waals surface area contributed by atoms with E-state index in [-0.39, 0.29) is 5.78 Å². The van der Waals surface area contributed by atoms with Gasteiger partial charge in [-0.25, -0.2) is 0 Å². The van der Waals surface area contributed by atoms with Gasteiger partial charge in [0.1, 0.15) is 0 Å². The molecule has 1 saturated heterocycles. The molecule has 0 bridgehead atoms. The molecular weight excluding hydrogens is 352 g/mol. The summed E-state index contributed by atoms with van der Waals surface area (Å²) in [6.07, 6.45) is 1.25. The summed E-state index contributed by atoms with van der Waals surface area (Å²) >= 11 is 0. The number of rotatable bonds is 6. The Balaban J connectivity index is 1.28. The lowest BCUT2D eigenvalue weighted by Gasteiger charge is -2.28. The zero-order valence-corrected chi connectivity index (χ0v) is 16.0. The van der Waals surface area contributed by atoms with Gasteiger partial charge in [0.15, 0.2) is 11.7 Å². The second-order valence-corrected chi connectivity index (χ2v) is 7.05. The zero-order chi connectivity index (χ0) is 19.2. The van der Waals surface area contributed by atoms with Gasteiger partial charge < -0.3 is 20.3 Å². The van der Waals surface area contributed by atoms with E-state index in [1.165, 1.54) is 0 Å². The predicted molar refractivity (Wildman–Crippen MR) is 112 cm³/mol. The van der Waals surface area contributed by atoms with Gasteiger partial charge in [-0.3, -0.25) is 9.79 Å². The molecule has 0 aliphatic carbocycles. The van der Waals surface area contributed by atoms with Gasteiger partial charge in [0.2, 0.25) is 0 Å². The van der Waals surface area contributed by atoms with Gasteiger partial charge in [0.05, 0.1) is 19.8 Å². The molecule has 28 heavy (non-hydrogen) atoms. The number of aliphatic imine (C=N–C) groups is 1. The number of nitrogens with one attached hydrogen (secondary N) is 2. The Morgan fingerprint density at radius 3 is 2.50 bits per heavy atom. The second kappa shape index (κ2) is 8.89. The predicted octanol–water partition coefficient (Wildman–Crippen LogP) is 2.71. The van der Waals surface area contributed by atoms with Crippen molar-refractivity contribution in [1.29, 1.82) is 0 Å². The quantitative estimate of drug-likeness (QED) is 0.757. The Morgan fingerprint density at radius 2 is 1.82 bits per heavy atom. The number of hydrogen-bond acceptors (Lipinski definition) is 6. The van der Waals surface area contributed by atoms with Crippen LogP contribution in [0.2, 0.25) is 0 Å². The van der Waals surface area contributed by atoms with E-state index in [4.69, 9.17) is 4.74 Å². The van der Waals surface area contributed by atoms with Crippen LogP contribution >= 0.6 is 0 Å². The van der Waals surface area contributed by atoms with Gasteiger partial charge in [-0.05, 0) is 48.4 Å². The molecule has 0 saturated carbocycles. The third-order valence-electron chi connectivity index (χ3n) is 5.10. The fourth-order valence-corrected chi connectivity index (χ4v) is 3.45. The number of ketones is 1. The van der Waals surface area contributed by atoms with E-state index in [1.54, 1.807) is 0 Å². The Hall–Kier alpha value is -2.86. The van der Waals surface area contributed by atoms with Gasteiger partial charge in [0, 0.05) is 43.0 Å². The molecule has 2 aliphatic heterocycles. The number of guanidine groups is 1. The highest BCUT2D eigenvalue weighted by atomic mass is 16.5. The van der Waals surface area contributed by atoms with Gasteiger partial charge >= 0.3 is 0 Å². The van der Waals surface area contributed by atoms with E-state index in [0.717, 1.165) is 74.3 Å². The molecule has 4 rings (SSSR count). The molecule has 2 aromatic carbocycles. The minimum Gasteiger partial charge on any atom is -0.378 e. The van der Waals surface area contributed by atoms with Crippen LogP contribution in [0.3, 0.4) is 0 Å². The second-order valence-electron chi connectivity index (χ2n) is 7.05. The summed E-state index contributed by atoms with van der Waals surface area (Å²) in [6, 6.07) is 16.1. The third kappa shape index (κ3) is 4.70. The Labute approximate surface area is 165 Å². The number of carbonyl (C=O) groups is 1. The van der Waals surface area contributed by atoms with Crippen LogP contribution in [0.4, 0.5) is 11.4 Å². The molecule has 6 heteroatoms. The number of morpholine rings is 1. The van der Waals surface area contributed by atoms with E-state index in [0.29, 0.717) is 6.42 Å². The topological polar surface area (TPSA) is 66.0 Å². The highest BCUT2D eigenvalue weighted by Crippen LogP contribution is 2.18. The molecular formula is C22H26N4O2. The van der Waals surface area contributed by atoms with Gasteiger partial charge in [-0.1, -0.05) is 12.1 Å². The number of carbonyl (C=O) groups excluding carboxylic acids is 1. The molecule has 0 radical (unpaired) electrons. The summed E-state index contributed by atoms with van der Waals surface area (Å²) in [5.74, 6) is 1.00. The van der Waals surface area contributed by atoms with Gasteiger partial charge in [-0.15, -0.1) is 0 Å². The van der Waals surface area contributed by atoms with Crippen molar-refractivity contribution in [2.75, 3.05) is 49.6 Å². The number of nitrogens with zero attached hydrogens (tertiary/aromatic N) is 2. The van der Waals surface area contributed by atoms with Crippen molar-refractivity contribution in [3.63, 3.8) is 0 Å². The summed E-state index contributed by atoms with van der Waals surface area (Å²) in [7, 11) is 0. The number of aryl methyl sites for hydroxylation is 1. The fraction of sp³-hybridized carbons (Fsp3) is 0.364. The SMILES string of the molecule is O=C(CCc1ccc(NC2=NCCN2)cc1)c1ccc(N2CCOCC2)cc1. The van der Waals surface area contributed by atoms with Gasteiger partial charge in [0.25, 0.3) is 0 Å². The first kappa shape index (κ1) is 18.5. The molecule has 0 spiro atoms. The summed E-state index contributed by atoms with van der Waals surface area (Å²) in [4.78, 5) is 19.1. The van der Waals surface area contributed by atoms with Crippen molar-refractivity contribution < 1.29 is 9.53 Å². The van der Waals surface area contributed by atoms with Crippen LogP contribution in [0, 0.1) is 0 Å². The van der Waals surface area contributed by atoms with E-state index >= 15 is 0 Å². The van der Waals surface area contributed by atoms with Crippen molar-refractivity contribution in [1.82, 2.24) is 5.32 Å². The maximum Gasteiger partial charge on any atom is 0.195 e.